The van der Waals surface area contributed by atoms with Gasteiger partial charge in [-0.1, -0.05) is 45.8 Å². The van der Waals surface area contributed by atoms with E-state index < -0.39 is 10.0 Å². The summed E-state index contributed by atoms with van der Waals surface area (Å²) in [6.07, 6.45) is 1.75. The largest absolute Gasteiger partial charge is 0.352 e. The summed E-state index contributed by atoms with van der Waals surface area (Å²) in [5, 5.41) is 3.02. The van der Waals surface area contributed by atoms with Gasteiger partial charge in [-0.25, -0.2) is 8.42 Å². The van der Waals surface area contributed by atoms with Gasteiger partial charge in [0.05, 0.1) is 11.4 Å². The number of halogens is 1. The average molecular weight is 494 g/mol. The molecule has 3 rings (SSSR count). The quantitative estimate of drug-likeness (QED) is 0.642. The monoisotopic (exact) mass is 493 g/mol. The van der Waals surface area contributed by atoms with Crippen LogP contribution < -0.4 is 5.32 Å². The maximum absolute atomic E-state index is 13.3. The highest BCUT2D eigenvalue weighted by atomic mass is 79.9. The van der Waals surface area contributed by atoms with Crippen LogP contribution in [0.3, 0.4) is 0 Å². The number of benzene rings is 2. The van der Waals surface area contributed by atoms with Crippen molar-refractivity contribution in [3.8, 4) is 0 Å². The number of hydrogen-bond donors (Lipinski definition) is 1. The lowest BCUT2D eigenvalue weighted by Gasteiger charge is -2.30. The lowest BCUT2D eigenvalue weighted by Crippen LogP contribution is -2.47. The number of likely N-dealkylation sites (tertiary alicyclic amines) is 1. The Hall–Kier alpha value is -1.74. The molecule has 1 heterocycles. The van der Waals surface area contributed by atoms with Gasteiger partial charge in [0.15, 0.2) is 0 Å². The fraction of sp³-hybridized carbons (Fsp3) is 0.409. The molecule has 30 heavy (non-hydrogen) atoms. The number of nitrogens with zero attached hydrogens (tertiary/aromatic N) is 2. The lowest BCUT2D eigenvalue weighted by molar-refractivity contribution is -0.122. The van der Waals surface area contributed by atoms with Crippen LogP contribution in [0.25, 0.3) is 0 Å². The average Bonchev–Trinajstić information content (AvgIpc) is 2.71. The molecule has 162 valence electrons. The highest BCUT2D eigenvalue weighted by Gasteiger charge is 2.28. The standard InChI is InChI=1S/C22H28BrN3O3S/c1-17-3-5-18(6-4-17)15-26(30(28,29)21-9-7-19(23)8-10-21)16-22(27)24-20-11-13-25(2)14-12-20/h3-10,20H,11-16H2,1-2H3,(H,24,27). The fourth-order valence-electron chi connectivity index (χ4n) is 3.47. The van der Waals surface area contributed by atoms with Crippen molar-refractivity contribution in [2.45, 2.75) is 37.2 Å². The normalized spacial score (nSPS) is 16.0. The first-order valence-electron chi connectivity index (χ1n) is 10.0. The molecular formula is C22H28BrN3O3S. The number of nitrogens with one attached hydrogen (secondary N) is 1. The minimum absolute atomic E-state index is 0.0882. The minimum Gasteiger partial charge on any atom is -0.352 e. The van der Waals surface area contributed by atoms with Crippen molar-refractivity contribution < 1.29 is 13.2 Å². The maximum atomic E-state index is 13.3. The molecule has 1 amide bonds. The number of rotatable bonds is 7. The van der Waals surface area contributed by atoms with Crippen LogP contribution >= 0.6 is 15.9 Å². The van der Waals surface area contributed by atoms with Gasteiger partial charge < -0.3 is 10.2 Å². The number of carbonyl (C=O) groups excluding carboxylic acids is 1. The van der Waals surface area contributed by atoms with Gasteiger partial charge in [0, 0.05) is 17.1 Å². The maximum Gasteiger partial charge on any atom is 0.243 e. The molecule has 8 heteroatoms. The van der Waals surface area contributed by atoms with Gasteiger partial charge in [-0.2, -0.15) is 4.31 Å². The predicted molar refractivity (Wildman–Crippen MR) is 122 cm³/mol. The van der Waals surface area contributed by atoms with Crippen LogP contribution in [0.4, 0.5) is 0 Å². The van der Waals surface area contributed by atoms with E-state index in [0.717, 1.165) is 41.5 Å². The van der Waals surface area contributed by atoms with Crippen LogP contribution in [-0.4, -0.2) is 56.3 Å². The lowest BCUT2D eigenvalue weighted by atomic mass is 10.1. The van der Waals surface area contributed by atoms with Crippen LogP contribution in [-0.2, 0) is 21.4 Å². The Kier molecular flexibility index (Phi) is 7.68. The molecule has 1 saturated heterocycles. The van der Waals surface area contributed by atoms with Crippen molar-refractivity contribution in [1.82, 2.24) is 14.5 Å². The van der Waals surface area contributed by atoms with E-state index in [1.807, 2.05) is 31.2 Å². The first-order valence-corrected chi connectivity index (χ1v) is 12.3. The van der Waals surface area contributed by atoms with Gasteiger partial charge in [-0.15, -0.1) is 0 Å². The number of aryl methyl sites for hydroxylation is 1. The molecule has 1 aliphatic heterocycles. The molecule has 2 aromatic carbocycles. The summed E-state index contributed by atoms with van der Waals surface area (Å²) < 4.78 is 28.7. The van der Waals surface area contributed by atoms with Gasteiger partial charge in [0.2, 0.25) is 15.9 Å². The van der Waals surface area contributed by atoms with E-state index in [1.165, 1.54) is 4.31 Å². The zero-order valence-electron chi connectivity index (χ0n) is 17.3. The van der Waals surface area contributed by atoms with Crippen LogP contribution in [0, 0.1) is 6.92 Å². The van der Waals surface area contributed by atoms with Gasteiger partial charge in [-0.3, -0.25) is 4.79 Å². The third kappa shape index (κ3) is 6.14. The number of hydrogen-bond acceptors (Lipinski definition) is 4. The molecule has 0 radical (unpaired) electrons. The fourth-order valence-corrected chi connectivity index (χ4v) is 5.11. The molecule has 2 aromatic rings. The number of piperidine rings is 1. The van der Waals surface area contributed by atoms with Crippen LogP contribution in [0.15, 0.2) is 57.9 Å². The second-order valence-corrected chi connectivity index (χ2v) is 10.7. The zero-order chi connectivity index (χ0) is 21.7. The SMILES string of the molecule is Cc1ccc(CN(CC(=O)NC2CCN(C)CC2)S(=O)(=O)c2ccc(Br)cc2)cc1. The Labute approximate surface area is 187 Å². The predicted octanol–water partition coefficient (Wildman–Crippen LogP) is 3.16. The van der Waals surface area contributed by atoms with Crippen molar-refractivity contribution in [3.63, 3.8) is 0 Å². The van der Waals surface area contributed by atoms with Gasteiger partial charge in [0.1, 0.15) is 0 Å². The summed E-state index contributed by atoms with van der Waals surface area (Å²) in [7, 11) is -1.77. The van der Waals surface area contributed by atoms with Crippen molar-refractivity contribution in [1.29, 1.82) is 0 Å². The molecule has 6 nitrogen and oxygen atoms in total. The van der Waals surface area contributed by atoms with Crippen molar-refractivity contribution in [3.05, 3.63) is 64.1 Å². The van der Waals surface area contributed by atoms with E-state index in [-0.39, 0.29) is 29.9 Å². The van der Waals surface area contributed by atoms with E-state index in [9.17, 15) is 13.2 Å². The molecule has 1 aliphatic rings. The highest BCUT2D eigenvalue weighted by molar-refractivity contribution is 9.10. The van der Waals surface area contributed by atoms with Crippen LogP contribution in [0.1, 0.15) is 24.0 Å². The molecule has 0 atom stereocenters. The summed E-state index contributed by atoms with van der Waals surface area (Å²) >= 11 is 3.33. The van der Waals surface area contributed by atoms with Crippen LogP contribution in [0.2, 0.25) is 0 Å². The number of sulfonamides is 1. The summed E-state index contributed by atoms with van der Waals surface area (Å²) in [6.45, 7) is 3.76. The Bertz CT molecular complexity index is 954. The third-order valence-corrected chi connectivity index (χ3v) is 7.67. The molecule has 1 N–H and O–H groups in total. The molecule has 1 fully saturated rings. The summed E-state index contributed by atoms with van der Waals surface area (Å²) in [4.78, 5) is 15.1. The molecule has 0 saturated carbocycles. The molecule has 0 unspecified atom stereocenters. The summed E-state index contributed by atoms with van der Waals surface area (Å²) in [6, 6.07) is 14.3. The molecular weight excluding hydrogens is 466 g/mol. The topological polar surface area (TPSA) is 69.7 Å². The first kappa shape index (κ1) is 22.9. The van der Waals surface area contributed by atoms with Gasteiger partial charge in [0.25, 0.3) is 0 Å². The summed E-state index contributed by atoms with van der Waals surface area (Å²) in [5.41, 5.74) is 1.94. The number of amides is 1. The minimum atomic E-state index is -3.83. The molecule has 0 aromatic heterocycles. The van der Waals surface area contributed by atoms with Gasteiger partial charge in [-0.05, 0) is 69.7 Å². The molecule has 0 spiro atoms. The number of carbonyl (C=O) groups is 1. The van der Waals surface area contributed by atoms with Crippen molar-refractivity contribution in [2.75, 3.05) is 26.7 Å². The Balaban J connectivity index is 1.78. The Morgan fingerprint density at radius 1 is 1.10 bits per heavy atom. The summed E-state index contributed by atoms with van der Waals surface area (Å²) in [5.74, 6) is -0.266. The van der Waals surface area contributed by atoms with E-state index in [2.05, 4.69) is 33.2 Å². The van der Waals surface area contributed by atoms with E-state index in [4.69, 9.17) is 0 Å². The second-order valence-electron chi connectivity index (χ2n) is 7.86. The second kappa shape index (κ2) is 10.0. The van der Waals surface area contributed by atoms with E-state index >= 15 is 0 Å². The Morgan fingerprint density at radius 3 is 2.30 bits per heavy atom. The highest BCUT2D eigenvalue weighted by Crippen LogP contribution is 2.21. The van der Waals surface area contributed by atoms with Gasteiger partial charge >= 0.3 is 0 Å². The Morgan fingerprint density at radius 2 is 1.70 bits per heavy atom. The van der Waals surface area contributed by atoms with E-state index in [1.54, 1.807) is 24.3 Å². The van der Waals surface area contributed by atoms with Crippen molar-refractivity contribution in [2.24, 2.45) is 0 Å². The zero-order valence-corrected chi connectivity index (χ0v) is 19.7. The first-order chi connectivity index (χ1) is 14.2. The smallest absolute Gasteiger partial charge is 0.243 e. The van der Waals surface area contributed by atoms with E-state index in [0.29, 0.717) is 0 Å². The van der Waals surface area contributed by atoms with Crippen molar-refractivity contribution >= 4 is 31.9 Å². The third-order valence-electron chi connectivity index (χ3n) is 5.33. The van der Waals surface area contributed by atoms with Crippen LogP contribution in [0.5, 0.6) is 0 Å². The molecule has 0 aliphatic carbocycles. The molecule has 0 bridgehead atoms.